The quantitative estimate of drug-likeness (QED) is 0.709. The zero-order valence-corrected chi connectivity index (χ0v) is 16.7. The molecule has 2 heterocycles. The fraction of sp³-hybridized carbons (Fsp3) is 0.667. The average Bonchev–Trinajstić information content (AvgIpc) is 2.65. The molecule has 1 amide bonds. The Morgan fingerprint density at radius 1 is 1.35 bits per heavy atom. The van der Waals surface area contributed by atoms with E-state index in [0.717, 1.165) is 44.6 Å². The van der Waals surface area contributed by atoms with E-state index in [1.807, 2.05) is 24.1 Å². The van der Waals surface area contributed by atoms with Crippen molar-refractivity contribution < 1.29 is 9.59 Å². The van der Waals surface area contributed by atoms with Gasteiger partial charge in [0, 0.05) is 45.2 Å². The molecule has 0 saturated carbocycles. The highest BCUT2D eigenvalue weighted by Gasteiger charge is 2.29. The second-order valence-electron chi connectivity index (χ2n) is 7.83. The van der Waals surface area contributed by atoms with Gasteiger partial charge in [-0.05, 0) is 37.3 Å². The van der Waals surface area contributed by atoms with E-state index in [1.165, 1.54) is 0 Å². The summed E-state index contributed by atoms with van der Waals surface area (Å²) in [5.41, 5.74) is 0.606. The molecule has 0 aromatic carbocycles. The summed E-state index contributed by atoms with van der Waals surface area (Å²) in [5.74, 6) is 1.53. The molecule has 0 spiro atoms. The van der Waals surface area contributed by atoms with Crippen molar-refractivity contribution >= 4 is 17.5 Å². The molecule has 1 atom stereocenters. The Hall–Kier alpha value is -1.91. The van der Waals surface area contributed by atoms with Crippen LogP contribution >= 0.6 is 0 Å². The van der Waals surface area contributed by atoms with Crippen molar-refractivity contribution in [3.8, 4) is 0 Å². The van der Waals surface area contributed by atoms with E-state index in [2.05, 4.69) is 30.7 Å². The van der Waals surface area contributed by atoms with Crippen LogP contribution < -0.4 is 4.90 Å². The molecule has 1 aromatic heterocycles. The summed E-state index contributed by atoms with van der Waals surface area (Å²) in [6.45, 7) is 8.52. The van der Waals surface area contributed by atoms with Crippen LogP contribution in [0.4, 0.5) is 5.82 Å². The Balaban J connectivity index is 1.98. The number of hydrogen-bond donors (Lipinski definition) is 0. The van der Waals surface area contributed by atoms with Crippen molar-refractivity contribution in [3.63, 3.8) is 0 Å². The van der Waals surface area contributed by atoms with Gasteiger partial charge in [-0.15, -0.1) is 0 Å². The number of nitrogens with zero attached hydrogens (tertiary/aromatic N) is 3. The molecule has 0 aliphatic carbocycles. The minimum atomic E-state index is -0.0118. The number of amides is 1. The molecule has 0 bridgehead atoms. The third kappa shape index (κ3) is 5.55. The van der Waals surface area contributed by atoms with E-state index in [0.29, 0.717) is 30.2 Å². The van der Waals surface area contributed by atoms with Gasteiger partial charge in [0.05, 0.1) is 5.56 Å². The van der Waals surface area contributed by atoms with E-state index in [-0.39, 0.29) is 11.8 Å². The summed E-state index contributed by atoms with van der Waals surface area (Å²) >= 11 is 0. The van der Waals surface area contributed by atoms with Gasteiger partial charge in [0.25, 0.3) is 5.91 Å². The SMILES string of the molecule is CCCCN(C)c1ccc(C(=O)N2CCC[C@@H](C(=O)CC(C)C)C2)cn1. The van der Waals surface area contributed by atoms with E-state index < -0.39 is 0 Å². The highest BCUT2D eigenvalue weighted by atomic mass is 16.2. The molecule has 144 valence electrons. The van der Waals surface area contributed by atoms with Crippen LogP contribution in [0.25, 0.3) is 0 Å². The summed E-state index contributed by atoms with van der Waals surface area (Å²) < 4.78 is 0. The van der Waals surface area contributed by atoms with Gasteiger partial charge in [0.2, 0.25) is 0 Å². The van der Waals surface area contributed by atoms with Crippen molar-refractivity contribution in [2.75, 3.05) is 31.6 Å². The third-order valence-corrected chi connectivity index (χ3v) is 5.01. The number of carbonyl (C=O) groups excluding carboxylic acids is 2. The molecule has 2 rings (SSSR count). The number of Topliss-reactive ketones (excluding diaryl/α,β-unsaturated/α-hetero) is 1. The molecule has 5 heteroatoms. The smallest absolute Gasteiger partial charge is 0.255 e. The first-order chi connectivity index (χ1) is 12.4. The minimum Gasteiger partial charge on any atom is -0.360 e. The molecule has 0 radical (unpaired) electrons. The molecular formula is C21H33N3O2. The molecule has 5 nitrogen and oxygen atoms in total. The second-order valence-corrected chi connectivity index (χ2v) is 7.83. The van der Waals surface area contributed by atoms with Crippen LogP contribution in [0.5, 0.6) is 0 Å². The summed E-state index contributed by atoms with van der Waals surface area (Å²) in [5, 5.41) is 0. The van der Waals surface area contributed by atoms with Crippen molar-refractivity contribution in [1.82, 2.24) is 9.88 Å². The third-order valence-electron chi connectivity index (χ3n) is 5.01. The highest BCUT2D eigenvalue weighted by Crippen LogP contribution is 2.22. The monoisotopic (exact) mass is 359 g/mol. The lowest BCUT2D eigenvalue weighted by Crippen LogP contribution is -2.42. The van der Waals surface area contributed by atoms with Gasteiger partial charge in [0.1, 0.15) is 11.6 Å². The first-order valence-corrected chi connectivity index (χ1v) is 9.91. The Labute approximate surface area is 157 Å². The van der Waals surface area contributed by atoms with Gasteiger partial charge in [0.15, 0.2) is 0 Å². The molecule has 1 saturated heterocycles. The topological polar surface area (TPSA) is 53.5 Å². The molecule has 1 aliphatic heterocycles. The Bertz CT molecular complexity index is 598. The summed E-state index contributed by atoms with van der Waals surface area (Å²) in [4.78, 5) is 33.6. The van der Waals surface area contributed by atoms with Crippen molar-refractivity contribution in [1.29, 1.82) is 0 Å². The van der Waals surface area contributed by atoms with Crippen molar-refractivity contribution in [2.45, 2.75) is 52.9 Å². The number of anilines is 1. The molecular weight excluding hydrogens is 326 g/mol. The van der Waals surface area contributed by atoms with Gasteiger partial charge in [-0.3, -0.25) is 9.59 Å². The molecule has 0 unspecified atom stereocenters. The summed E-state index contributed by atoms with van der Waals surface area (Å²) in [6.07, 6.45) is 6.33. The largest absolute Gasteiger partial charge is 0.360 e. The molecule has 0 N–H and O–H groups in total. The molecule has 1 fully saturated rings. The lowest BCUT2D eigenvalue weighted by atomic mass is 9.89. The number of rotatable bonds is 8. The standard InChI is InChI=1S/C21H33N3O2/c1-5-6-11-23(4)20-10-9-17(14-22-20)21(26)24-12-7-8-18(15-24)19(25)13-16(2)3/h9-10,14,16,18H,5-8,11-13,15H2,1-4H3/t18-/m1/s1. The summed E-state index contributed by atoms with van der Waals surface area (Å²) in [7, 11) is 2.02. The fourth-order valence-electron chi connectivity index (χ4n) is 3.42. The Kier molecular flexibility index (Phi) is 7.61. The lowest BCUT2D eigenvalue weighted by Gasteiger charge is -2.32. The first kappa shape index (κ1) is 20.4. The predicted molar refractivity (Wildman–Crippen MR) is 106 cm³/mol. The number of carbonyl (C=O) groups is 2. The van der Waals surface area contributed by atoms with Crippen LogP contribution in [0.3, 0.4) is 0 Å². The summed E-state index contributed by atoms with van der Waals surface area (Å²) in [6, 6.07) is 3.76. The van der Waals surface area contributed by atoms with E-state index in [1.54, 1.807) is 6.20 Å². The number of likely N-dealkylation sites (tertiary alicyclic amines) is 1. The lowest BCUT2D eigenvalue weighted by molar-refractivity contribution is -0.124. The van der Waals surface area contributed by atoms with Crippen LogP contribution in [-0.4, -0.2) is 48.3 Å². The number of unbranched alkanes of at least 4 members (excludes halogenated alkanes) is 1. The van der Waals surface area contributed by atoms with Gasteiger partial charge in [-0.2, -0.15) is 0 Å². The Morgan fingerprint density at radius 3 is 2.73 bits per heavy atom. The maximum Gasteiger partial charge on any atom is 0.255 e. The fourth-order valence-corrected chi connectivity index (χ4v) is 3.42. The molecule has 1 aliphatic rings. The van der Waals surface area contributed by atoms with Crippen LogP contribution in [-0.2, 0) is 4.79 Å². The van der Waals surface area contributed by atoms with E-state index in [4.69, 9.17) is 0 Å². The Morgan fingerprint density at radius 2 is 2.12 bits per heavy atom. The van der Waals surface area contributed by atoms with Gasteiger partial charge >= 0.3 is 0 Å². The van der Waals surface area contributed by atoms with E-state index >= 15 is 0 Å². The van der Waals surface area contributed by atoms with Gasteiger partial charge in [-0.1, -0.05) is 27.2 Å². The second kappa shape index (κ2) is 9.70. The zero-order chi connectivity index (χ0) is 19.1. The number of ketones is 1. The first-order valence-electron chi connectivity index (χ1n) is 9.91. The van der Waals surface area contributed by atoms with Gasteiger partial charge < -0.3 is 9.80 Å². The maximum absolute atomic E-state index is 12.8. The zero-order valence-electron chi connectivity index (χ0n) is 16.7. The molecule has 26 heavy (non-hydrogen) atoms. The van der Waals surface area contributed by atoms with Crippen LogP contribution in [0.1, 0.15) is 63.2 Å². The number of piperidine rings is 1. The minimum absolute atomic E-state index is 0.0116. The van der Waals surface area contributed by atoms with E-state index in [9.17, 15) is 9.59 Å². The highest BCUT2D eigenvalue weighted by molar-refractivity contribution is 5.94. The van der Waals surface area contributed by atoms with Crippen LogP contribution in [0.15, 0.2) is 18.3 Å². The number of pyridine rings is 1. The number of hydrogen-bond acceptors (Lipinski definition) is 4. The predicted octanol–water partition coefficient (Wildman–Crippen LogP) is 3.79. The normalized spacial score (nSPS) is 17.4. The van der Waals surface area contributed by atoms with Crippen LogP contribution in [0.2, 0.25) is 0 Å². The molecule has 1 aromatic rings. The van der Waals surface area contributed by atoms with Gasteiger partial charge in [-0.25, -0.2) is 4.98 Å². The van der Waals surface area contributed by atoms with Crippen molar-refractivity contribution in [2.24, 2.45) is 11.8 Å². The van der Waals surface area contributed by atoms with Crippen molar-refractivity contribution in [3.05, 3.63) is 23.9 Å². The number of aromatic nitrogens is 1. The maximum atomic E-state index is 12.8. The average molecular weight is 360 g/mol. The van der Waals surface area contributed by atoms with Crippen LogP contribution in [0, 0.1) is 11.8 Å².